The number of carbonyl (C=O) groups excluding carboxylic acids is 1. The fourth-order valence-electron chi connectivity index (χ4n) is 2.19. The lowest BCUT2D eigenvalue weighted by Gasteiger charge is -2.49. The van der Waals surface area contributed by atoms with Gasteiger partial charge in [-0.2, -0.15) is 0 Å². The minimum absolute atomic E-state index is 0.0777. The lowest BCUT2D eigenvalue weighted by molar-refractivity contribution is -0.135. The molecule has 1 heterocycles. The minimum Gasteiger partial charge on any atom is -0.389 e. The van der Waals surface area contributed by atoms with Gasteiger partial charge >= 0.3 is 0 Å². The predicted molar refractivity (Wildman–Crippen MR) is 48.2 cm³/mol. The normalized spacial score (nSPS) is 41.1. The molecular formula is C9H16N2O2. The second-order valence-electron chi connectivity index (χ2n) is 4.23. The fraction of sp³-hybridized carbons (Fsp3) is 0.889. The van der Waals surface area contributed by atoms with E-state index in [0.717, 1.165) is 19.4 Å². The molecule has 1 aliphatic carbocycles. The molecule has 0 radical (unpaired) electrons. The molecule has 0 aromatic carbocycles. The second-order valence-corrected chi connectivity index (χ2v) is 4.23. The van der Waals surface area contributed by atoms with Crippen LogP contribution in [0.15, 0.2) is 0 Å². The fourth-order valence-corrected chi connectivity index (χ4v) is 2.19. The molecule has 1 saturated heterocycles. The number of nitrogens with zero attached hydrogens (tertiary/aromatic N) is 1. The monoisotopic (exact) mass is 184 g/mol. The number of hydrogen-bond acceptors (Lipinski definition) is 3. The summed E-state index contributed by atoms with van der Waals surface area (Å²) in [6.45, 7) is 3.88. The largest absolute Gasteiger partial charge is 0.389 e. The van der Waals surface area contributed by atoms with Gasteiger partial charge in [0.25, 0.3) is 0 Å². The first-order valence-electron chi connectivity index (χ1n) is 4.83. The molecule has 0 unspecified atom stereocenters. The van der Waals surface area contributed by atoms with E-state index in [9.17, 15) is 9.90 Å². The van der Waals surface area contributed by atoms with Gasteiger partial charge in [0.2, 0.25) is 5.91 Å². The van der Waals surface area contributed by atoms with Crippen LogP contribution in [0.3, 0.4) is 0 Å². The van der Waals surface area contributed by atoms with E-state index in [0.29, 0.717) is 13.1 Å². The average molecular weight is 184 g/mol. The molecule has 1 saturated carbocycles. The van der Waals surface area contributed by atoms with Crippen molar-refractivity contribution in [3.63, 3.8) is 0 Å². The molecule has 2 rings (SSSR count). The van der Waals surface area contributed by atoms with E-state index in [-0.39, 0.29) is 11.9 Å². The van der Waals surface area contributed by atoms with Gasteiger partial charge in [0.1, 0.15) is 0 Å². The van der Waals surface area contributed by atoms with Gasteiger partial charge in [-0.1, -0.05) is 0 Å². The SMILES string of the molecule is C[C@]1(O)CC[C@@H]1N1CCNC(=O)C1. The van der Waals surface area contributed by atoms with Crippen molar-refractivity contribution in [1.82, 2.24) is 10.2 Å². The number of rotatable bonds is 1. The average Bonchev–Trinajstić information content (AvgIpc) is 2.02. The van der Waals surface area contributed by atoms with E-state index < -0.39 is 5.60 Å². The maximum atomic E-state index is 11.1. The van der Waals surface area contributed by atoms with Crippen molar-refractivity contribution < 1.29 is 9.90 Å². The number of hydrogen-bond donors (Lipinski definition) is 2. The standard InChI is InChI=1S/C9H16N2O2/c1-9(13)3-2-7(9)11-5-4-10-8(12)6-11/h7,13H,2-6H2,1H3,(H,10,12)/t7-,9-/m0/s1. The van der Waals surface area contributed by atoms with Crippen LogP contribution in [0.4, 0.5) is 0 Å². The summed E-state index contributed by atoms with van der Waals surface area (Å²) >= 11 is 0. The summed E-state index contributed by atoms with van der Waals surface area (Å²) in [6, 6.07) is 0.193. The zero-order chi connectivity index (χ0) is 9.47. The van der Waals surface area contributed by atoms with Crippen LogP contribution < -0.4 is 5.32 Å². The lowest BCUT2D eigenvalue weighted by atomic mass is 9.75. The number of aliphatic hydroxyl groups is 1. The van der Waals surface area contributed by atoms with Gasteiger partial charge in [-0.15, -0.1) is 0 Å². The third kappa shape index (κ3) is 1.56. The summed E-state index contributed by atoms with van der Waals surface area (Å²) in [4.78, 5) is 13.2. The summed E-state index contributed by atoms with van der Waals surface area (Å²) in [6.07, 6.45) is 1.87. The first kappa shape index (κ1) is 8.97. The number of nitrogens with one attached hydrogen (secondary N) is 1. The van der Waals surface area contributed by atoms with Crippen LogP contribution in [0, 0.1) is 0 Å². The van der Waals surface area contributed by atoms with E-state index in [1.165, 1.54) is 0 Å². The van der Waals surface area contributed by atoms with Gasteiger partial charge in [-0.25, -0.2) is 0 Å². The second kappa shape index (κ2) is 2.96. The maximum Gasteiger partial charge on any atom is 0.234 e. The van der Waals surface area contributed by atoms with Crippen molar-refractivity contribution in [2.75, 3.05) is 19.6 Å². The van der Waals surface area contributed by atoms with Gasteiger partial charge in [0.05, 0.1) is 12.1 Å². The van der Waals surface area contributed by atoms with Crippen molar-refractivity contribution in [3.8, 4) is 0 Å². The Morgan fingerprint density at radius 2 is 2.46 bits per heavy atom. The highest BCUT2D eigenvalue weighted by molar-refractivity contribution is 5.78. The Hall–Kier alpha value is -0.610. The lowest BCUT2D eigenvalue weighted by Crippen LogP contribution is -2.63. The van der Waals surface area contributed by atoms with E-state index >= 15 is 0 Å². The van der Waals surface area contributed by atoms with Gasteiger partial charge < -0.3 is 10.4 Å². The van der Waals surface area contributed by atoms with Crippen LogP contribution in [0.1, 0.15) is 19.8 Å². The van der Waals surface area contributed by atoms with Crippen LogP contribution in [0.5, 0.6) is 0 Å². The molecule has 0 aromatic heterocycles. The molecule has 1 aliphatic heterocycles. The molecule has 74 valence electrons. The Morgan fingerprint density at radius 3 is 2.92 bits per heavy atom. The highest BCUT2D eigenvalue weighted by Gasteiger charge is 2.45. The molecule has 2 fully saturated rings. The van der Waals surface area contributed by atoms with Crippen molar-refractivity contribution >= 4 is 5.91 Å². The molecule has 0 bridgehead atoms. The number of piperazine rings is 1. The third-order valence-electron chi connectivity index (χ3n) is 3.15. The Balaban J connectivity index is 1.97. The van der Waals surface area contributed by atoms with Crippen LogP contribution >= 0.6 is 0 Å². The summed E-state index contributed by atoms with van der Waals surface area (Å²) in [5.74, 6) is 0.0777. The minimum atomic E-state index is -0.572. The molecule has 4 heteroatoms. The highest BCUT2D eigenvalue weighted by Crippen LogP contribution is 2.35. The molecule has 2 atom stereocenters. The Labute approximate surface area is 77.9 Å². The summed E-state index contributed by atoms with van der Waals surface area (Å²) in [5.41, 5.74) is -0.572. The first-order chi connectivity index (χ1) is 6.09. The van der Waals surface area contributed by atoms with Gasteiger partial charge in [-0.3, -0.25) is 9.69 Å². The Morgan fingerprint density at radius 1 is 1.69 bits per heavy atom. The summed E-state index contributed by atoms with van der Waals surface area (Å²) in [5, 5.41) is 12.6. The van der Waals surface area contributed by atoms with Gasteiger partial charge in [0, 0.05) is 19.1 Å². The third-order valence-corrected chi connectivity index (χ3v) is 3.15. The molecule has 2 N–H and O–H groups in total. The maximum absolute atomic E-state index is 11.1. The Kier molecular flexibility index (Phi) is 2.04. The van der Waals surface area contributed by atoms with Crippen LogP contribution in [0.25, 0.3) is 0 Å². The number of carbonyl (C=O) groups is 1. The first-order valence-corrected chi connectivity index (χ1v) is 4.83. The van der Waals surface area contributed by atoms with E-state index in [1.54, 1.807) is 0 Å². The molecular weight excluding hydrogens is 168 g/mol. The van der Waals surface area contributed by atoms with Crippen molar-refractivity contribution in [2.24, 2.45) is 0 Å². The smallest absolute Gasteiger partial charge is 0.234 e. The predicted octanol–water partition coefficient (Wildman–Crippen LogP) is -0.668. The van der Waals surface area contributed by atoms with E-state index in [4.69, 9.17) is 0 Å². The molecule has 4 nitrogen and oxygen atoms in total. The molecule has 1 amide bonds. The van der Waals surface area contributed by atoms with Crippen LogP contribution in [-0.2, 0) is 4.79 Å². The number of amides is 1. The Bertz CT molecular complexity index is 228. The van der Waals surface area contributed by atoms with Crippen molar-refractivity contribution in [1.29, 1.82) is 0 Å². The van der Waals surface area contributed by atoms with E-state index in [2.05, 4.69) is 10.2 Å². The summed E-state index contributed by atoms with van der Waals surface area (Å²) < 4.78 is 0. The quantitative estimate of drug-likeness (QED) is 0.568. The van der Waals surface area contributed by atoms with E-state index in [1.807, 2.05) is 6.92 Å². The molecule has 13 heavy (non-hydrogen) atoms. The molecule has 0 spiro atoms. The zero-order valence-corrected chi connectivity index (χ0v) is 7.92. The highest BCUT2D eigenvalue weighted by atomic mass is 16.3. The zero-order valence-electron chi connectivity index (χ0n) is 7.92. The van der Waals surface area contributed by atoms with Crippen molar-refractivity contribution in [2.45, 2.75) is 31.4 Å². The van der Waals surface area contributed by atoms with Crippen LogP contribution in [0.2, 0.25) is 0 Å². The summed E-state index contributed by atoms with van der Waals surface area (Å²) in [7, 11) is 0. The van der Waals surface area contributed by atoms with Crippen molar-refractivity contribution in [3.05, 3.63) is 0 Å². The van der Waals surface area contributed by atoms with Crippen LogP contribution in [-0.4, -0.2) is 47.2 Å². The van der Waals surface area contributed by atoms with Gasteiger partial charge in [0.15, 0.2) is 0 Å². The topological polar surface area (TPSA) is 52.6 Å². The molecule has 2 aliphatic rings. The van der Waals surface area contributed by atoms with Gasteiger partial charge in [-0.05, 0) is 19.8 Å². The molecule has 0 aromatic rings.